The van der Waals surface area contributed by atoms with Crippen LogP contribution >= 0.6 is 0 Å². The van der Waals surface area contributed by atoms with E-state index in [1.807, 2.05) is 48.5 Å². The number of carboxylic acid groups (broad SMARTS) is 2. The zero-order chi connectivity index (χ0) is 45.4. The molecule has 2 fully saturated rings. The third-order valence-electron chi connectivity index (χ3n) is 11.0. The number of anilines is 2. The van der Waals surface area contributed by atoms with E-state index >= 15 is 0 Å². The largest absolute Gasteiger partial charge is 0.478 e. The molecule has 6 rings (SSSR count). The van der Waals surface area contributed by atoms with E-state index in [2.05, 4.69) is 16.0 Å². The Labute approximate surface area is 364 Å². The number of nitrogens with zero attached hydrogens (tertiary/aromatic N) is 2. The molecule has 2 saturated heterocycles. The molecular formula is C45H53N5O13. The fourth-order valence-corrected chi connectivity index (χ4v) is 8.14. The van der Waals surface area contributed by atoms with Gasteiger partial charge in [-0.15, -0.1) is 0 Å². The number of ether oxygens (including phenoxy) is 4. The number of rotatable bonds is 17. The summed E-state index contributed by atoms with van der Waals surface area (Å²) in [6.07, 6.45) is -0.690. The maximum Gasteiger partial charge on any atom is 0.411 e. The molecule has 0 spiro atoms. The number of nitrogens with one attached hydrogen (secondary N) is 3. The third-order valence-corrected chi connectivity index (χ3v) is 11.0. The van der Waals surface area contributed by atoms with Crippen LogP contribution in [0.3, 0.4) is 0 Å². The number of fused-ring (bicyclic) bond motifs is 3. The van der Waals surface area contributed by atoms with E-state index < -0.39 is 77.2 Å². The van der Waals surface area contributed by atoms with E-state index in [1.54, 1.807) is 20.8 Å². The topological polar surface area (TPSA) is 239 Å². The molecule has 18 nitrogen and oxygen atoms in total. The van der Waals surface area contributed by atoms with Gasteiger partial charge in [-0.1, -0.05) is 48.5 Å². The van der Waals surface area contributed by atoms with Crippen LogP contribution < -0.4 is 16.0 Å². The first-order chi connectivity index (χ1) is 30.1. The number of benzene rings is 3. The van der Waals surface area contributed by atoms with Crippen molar-refractivity contribution in [2.45, 2.75) is 76.1 Å². The average molecular weight is 872 g/mol. The van der Waals surface area contributed by atoms with Crippen molar-refractivity contribution in [2.24, 2.45) is 0 Å². The van der Waals surface area contributed by atoms with Crippen molar-refractivity contribution >= 4 is 53.1 Å². The van der Waals surface area contributed by atoms with Crippen LogP contribution in [0.4, 0.5) is 21.0 Å². The molecule has 63 heavy (non-hydrogen) atoms. The Kier molecular flexibility index (Phi) is 14.7. The van der Waals surface area contributed by atoms with E-state index in [1.165, 1.54) is 12.0 Å². The maximum atomic E-state index is 13.9. The Morgan fingerprint density at radius 1 is 0.794 bits per heavy atom. The SMILES string of the molecule is COCCOCCC(=O)NC1CC(C(=O)Nc2cc(C(=O)O)c(NCC(=O)C3CCCN3C(=O)OCC3c4ccccc4-c4ccccc43)cc2C(=O)O)N(C(=O)OC(C)(C)C)C1. The number of amides is 4. The predicted octanol–water partition coefficient (Wildman–Crippen LogP) is 4.96. The summed E-state index contributed by atoms with van der Waals surface area (Å²) < 4.78 is 21.6. The highest BCUT2D eigenvalue weighted by atomic mass is 16.6. The van der Waals surface area contributed by atoms with Crippen molar-refractivity contribution in [1.82, 2.24) is 15.1 Å². The molecule has 3 aliphatic rings. The summed E-state index contributed by atoms with van der Waals surface area (Å²) in [6, 6.07) is 15.0. The molecule has 3 unspecified atom stereocenters. The number of carbonyl (C=O) groups is 7. The second-order valence-electron chi connectivity index (χ2n) is 16.5. The molecule has 4 amide bonds. The van der Waals surface area contributed by atoms with Crippen LogP contribution in [0.15, 0.2) is 60.7 Å². The third kappa shape index (κ3) is 11.1. The number of methoxy groups -OCH3 is 1. The minimum atomic E-state index is -1.53. The van der Waals surface area contributed by atoms with Crippen molar-refractivity contribution < 1.29 is 62.7 Å². The quantitative estimate of drug-likeness (QED) is 0.113. The smallest absolute Gasteiger partial charge is 0.411 e. The lowest BCUT2D eigenvalue weighted by molar-refractivity contribution is -0.123. The molecule has 0 radical (unpaired) electrons. The van der Waals surface area contributed by atoms with Gasteiger partial charge in [-0.2, -0.15) is 0 Å². The second-order valence-corrected chi connectivity index (χ2v) is 16.5. The second kappa shape index (κ2) is 20.1. The molecule has 0 saturated carbocycles. The highest BCUT2D eigenvalue weighted by Crippen LogP contribution is 2.44. The van der Waals surface area contributed by atoms with Crippen LogP contribution in [0.1, 0.15) is 84.2 Å². The van der Waals surface area contributed by atoms with Gasteiger partial charge in [0.05, 0.1) is 54.9 Å². The van der Waals surface area contributed by atoms with Gasteiger partial charge in [-0.05, 0) is 74.4 Å². The molecule has 3 atom stereocenters. The number of hydrogen-bond donors (Lipinski definition) is 5. The average Bonchev–Trinajstić information content (AvgIpc) is 3.98. The van der Waals surface area contributed by atoms with Crippen molar-refractivity contribution in [3.05, 3.63) is 82.9 Å². The van der Waals surface area contributed by atoms with E-state index in [-0.39, 0.29) is 62.3 Å². The maximum absolute atomic E-state index is 13.9. The summed E-state index contributed by atoms with van der Waals surface area (Å²) in [4.78, 5) is 94.5. The highest BCUT2D eigenvalue weighted by molar-refractivity contribution is 6.07. The van der Waals surface area contributed by atoms with E-state index in [9.17, 15) is 43.8 Å². The highest BCUT2D eigenvalue weighted by Gasteiger charge is 2.43. The van der Waals surface area contributed by atoms with Crippen molar-refractivity contribution in [2.75, 3.05) is 63.8 Å². The zero-order valence-electron chi connectivity index (χ0n) is 35.6. The monoisotopic (exact) mass is 871 g/mol. The van der Waals surface area contributed by atoms with Gasteiger partial charge in [-0.25, -0.2) is 19.2 Å². The van der Waals surface area contributed by atoms with E-state index in [0.717, 1.165) is 39.3 Å². The Balaban J connectivity index is 1.12. The standard InChI is InChI=1S/C45H53N5O13/c1-45(2,3)63-44(59)50-24-26(47-39(52)15-17-61-19-18-60-4)20-37(50)40(53)48-35-22-31(41(54)55)34(21-32(35)42(56)57)46-23-38(51)36-14-9-16-49(36)43(58)62-25-33-29-12-7-5-10-27(29)28-11-6-8-13-30(28)33/h5-8,10-13,21-22,26,33,36-37,46H,9,14-20,23-25H2,1-4H3,(H,47,52)(H,48,53)(H,54,55)(H,56,57). The fourth-order valence-electron chi connectivity index (χ4n) is 8.14. The number of aromatic carboxylic acids is 2. The van der Waals surface area contributed by atoms with Gasteiger partial charge in [-0.3, -0.25) is 24.2 Å². The Morgan fingerprint density at radius 2 is 1.43 bits per heavy atom. The molecule has 336 valence electrons. The first-order valence-corrected chi connectivity index (χ1v) is 20.8. The molecule has 18 heteroatoms. The summed E-state index contributed by atoms with van der Waals surface area (Å²) in [7, 11) is 1.52. The summed E-state index contributed by atoms with van der Waals surface area (Å²) in [5.74, 6) is -4.90. The lowest BCUT2D eigenvalue weighted by atomic mass is 9.98. The van der Waals surface area contributed by atoms with Gasteiger partial charge in [0.25, 0.3) is 0 Å². The van der Waals surface area contributed by atoms with Crippen LogP contribution in [0, 0.1) is 0 Å². The molecule has 5 N–H and O–H groups in total. The van der Waals surface area contributed by atoms with Gasteiger partial charge in [0.2, 0.25) is 11.8 Å². The predicted molar refractivity (Wildman–Crippen MR) is 228 cm³/mol. The summed E-state index contributed by atoms with van der Waals surface area (Å²) in [5.41, 5.74) is 1.71. The molecule has 2 heterocycles. The van der Waals surface area contributed by atoms with Crippen molar-refractivity contribution in [3.63, 3.8) is 0 Å². The molecule has 0 aromatic heterocycles. The number of likely N-dealkylation sites (tertiary alicyclic amines) is 2. The summed E-state index contributed by atoms with van der Waals surface area (Å²) in [6.45, 7) is 5.47. The van der Waals surface area contributed by atoms with Gasteiger partial charge in [0.1, 0.15) is 18.2 Å². The van der Waals surface area contributed by atoms with Crippen LogP contribution in [-0.2, 0) is 33.3 Å². The Hall–Kier alpha value is -6.53. The minimum Gasteiger partial charge on any atom is -0.478 e. The molecule has 3 aromatic carbocycles. The molecule has 1 aliphatic carbocycles. The number of carboxylic acids is 2. The van der Waals surface area contributed by atoms with Gasteiger partial charge >= 0.3 is 24.1 Å². The number of carbonyl (C=O) groups excluding carboxylic acids is 5. The first-order valence-electron chi connectivity index (χ1n) is 20.8. The minimum absolute atomic E-state index is 0.00686. The fraction of sp³-hybridized carbons (Fsp3) is 0.444. The molecule has 3 aromatic rings. The van der Waals surface area contributed by atoms with Crippen LogP contribution in [0.25, 0.3) is 11.1 Å². The van der Waals surface area contributed by atoms with Gasteiger partial charge in [0.15, 0.2) is 5.78 Å². The zero-order valence-corrected chi connectivity index (χ0v) is 35.6. The molecular weight excluding hydrogens is 819 g/mol. The van der Waals surface area contributed by atoms with Crippen LogP contribution in [0.2, 0.25) is 0 Å². The number of hydrogen-bond acceptors (Lipinski definition) is 12. The van der Waals surface area contributed by atoms with Crippen molar-refractivity contribution in [3.8, 4) is 11.1 Å². The van der Waals surface area contributed by atoms with Crippen LogP contribution in [-0.4, -0.2) is 139 Å². The summed E-state index contributed by atoms with van der Waals surface area (Å²) >= 11 is 0. The molecule has 2 aliphatic heterocycles. The van der Waals surface area contributed by atoms with Gasteiger partial charge in [0, 0.05) is 38.6 Å². The number of ketones is 1. The van der Waals surface area contributed by atoms with E-state index in [0.29, 0.717) is 26.1 Å². The summed E-state index contributed by atoms with van der Waals surface area (Å²) in [5, 5.41) is 28.4. The molecule has 0 bridgehead atoms. The normalized spacial score (nSPS) is 18.0. The Bertz CT molecular complexity index is 2190. The lowest BCUT2D eigenvalue weighted by Gasteiger charge is -2.28. The first kappa shape index (κ1) is 46.0. The van der Waals surface area contributed by atoms with Crippen molar-refractivity contribution in [1.29, 1.82) is 0 Å². The van der Waals surface area contributed by atoms with Gasteiger partial charge < -0.3 is 45.1 Å². The number of Topliss-reactive ketones (excluding diaryl/α,β-unsaturated/α-hetero) is 1. The lowest BCUT2D eigenvalue weighted by Crippen LogP contribution is -2.46. The Morgan fingerprint density at radius 3 is 2.06 bits per heavy atom. The van der Waals surface area contributed by atoms with E-state index in [4.69, 9.17) is 18.9 Å². The van der Waals surface area contributed by atoms with Crippen LogP contribution in [0.5, 0.6) is 0 Å².